The molecule has 0 aliphatic heterocycles. The van der Waals surface area contributed by atoms with Gasteiger partial charge in [-0.1, -0.05) is 6.58 Å². The fourth-order valence-electron chi connectivity index (χ4n) is 1.28. The molecule has 0 saturated heterocycles. The van der Waals surface area contributed by atoms with E-state index in [9.17, 15) is 18.9 Å². The second-order valence-electron chi connectivity index (χ2n) is 3.18. The van der Waals surface area contributed by atoms with Gasteiger partial charge in [-0.25, -0.2) is 8.78 Å². The number of nitrogens with zero attached hydrogens (tertiary/aromatic N) is 1. The number of rotatable bonds is 4. The predicted octanol–water partition coefficient (Wildman–Crippen LogP) is 2.24. The summed E-state index contributed by atoms with van der Waals surface area (Å²) < 4.78 is 25.8. The predicted molar refractivity (Wildman–Crippen MR) is 55.7 cm³/mol. The minimum Gasteiger partial charge on any atom is -0.330 e. The van der Waals surface area contributed by atoms with Crippen molar-refractivity contribution in [3.05, 3.63) is 46.0 Å². The van der Waals surface area contributed by atoms with Gasteiger partial charge < -0.3 is 5.73 Å². The van der Waals surface area contributed by atoms with Crippen LogP contribution in [-0.4, -0.2) is 11.5 Å². The van der Waals surface area contributed by atoms with E-state index in [4.69, 9.17) is 5.73 Å². The van der Waals surface area contributed by atoms with E-state index in [0.717, 1.165) is 6.07 Å². The lowest BCUT2D eigenvalue weighted by molar-refractivity contribution is -0.385. The van der Waals surface area contributed by atoms with Gasteiger partial charge in [0, 0.05) is 0 Å². The third-order valence-corrected chi connectivity index (χ3v) is 2.06. The molecular formula is C10H10F2N2O2. The van der Waals surface area contributed by atoms with Gasteiger partial charge in [-0.3, -0.25) is 10.1 Å². The van der Waals surface area contributed by atoms with Crippen molar-refractivity contribution in [2.75, 3.05) is 6.54 Å². The highest BCUT2D eigenvalue weighted by atomic mass is 19.2. The number of nitro benzene ring substituents is 1. The van der Waals surface area contributed by atoms with Crippen molar-refractivity contribution in [3.8, 4) is 0 Å². The van der Waals surface area contributed by atoms with E-state index in [1.54, 1.807) is 0 Å². The van der Waals surface area contributed by atoms with Crippen LogP contribution in [0.2, 0.25) is 0 Å². The van der Waals surface area contributed by atoms with Crippen LogP contribution in [0.25, 0.3) is 5.57 Å². The molecule has 16 heavy (non-hydrogen) atoms. The summed E-state index contributed by atoms with van der Waals surface area (Å²) in [6.07, 6.45) is 0.284. The zero-order valence-electron chi connectivity index (χ0n) is 8.37. The first-order valence-electron chi connectivity index (χ1n) is 4.49. The lowest BCUT2D eigenvalue weighted by atomic mass is 10.0. The lowest BCUT2D eigenvalue weighted by Gasteiger charge is -2.06. The second kappa shape index (κ2) is 4.80. The molecule has 0 saturated carbocycles. The summed E-state index contributed by atoms with van der Waals surface area (Å²) >= 11 is 0. The van der Waals surface area contributed by atoms with E-state index in [2.05, 4.69) is 6.58 Å². The standard InChI is InChI=1S/C10H10F2N2O2/c1-6(2-3-13)7-4-8(11)9(12)5-10(7)14(15)16/h4-5H,1-3,13H2. The van der Waals surface area contributed by atoms with E-state index in [0.29, 0.717) is 11.6 Å². The smallest absolute Gasteiger partial charge is 0.279 e. The molecule has 1 aromatic carbocycles. The summed E-state index contributed by atoms with van der Waals surface area (Å²) in [5, 5.41) is 10.6. The van der Waals surface area contributed by atoms with Gasteiger partial charge in [0.2, 0.25) is 0 Å². The van der Waals surface area contributed by atoms with Crippen LogP contribution in [0, 0.1) is 21.7 Å². The number of hydrogen-bond donors (Lipinski definition) is 1. The van der Waals surface area contributed by atoms with Crippen molar-refractivity contribution in [1.82, 2.24) is 0 Å². The first kappa shape index (κ1) is 12.3. The quantitative estimate of drug-likeness (QED) is 0.634. The molecule has 0 heterocycles. The fourth-order valence-corrected chi connectivity index (χ4v) is 1.28. The summed E-state index contributed by atoms with van der Waals surface area (Å²) in [5.74, 6) is -2.39. The Labute approximate surface area is 90.5 Å². The van der Waals surface area contributed by atoms with Crippen molar-refractivity contribution >= 4 is 11.3 Å². The topological polar surface area (TPSA) is 69.2 Å². The Bertz CT molecular complexity index is 447. The van der Waals surface area contributed by atoms with Crippen molar-refractivity contribution in [2.24, 2.45) is 5.73 Å². The molecule has 6 heteroatoms. The lowest BCUT2D eigenvalue weighted by Crippen LogP contribution is -2.03. The van der Waals surface area contributed by atoms with Crippen molar-refractivity contribution < 1.29 is 13.7 Å². The summed E-state index contributed by atoms with van der Waals surface area (Å²) in [4.78, 5) is 9.86. The van der Waals surface area contributed by atoms with Crippen LogP contribution in [0.3, 0.4) is 0 Å². The summed E-state index contributed by atoms with van der Waals surface area (Å²) in [6, 6.07) is 1.32. The first-order chi connectivity index (χ1) is 7.47. The van der Waals surface area contributed by atoms with Gasteiger partial charge >= 0.3 is 0 Å². The van der Waals surface area contributed by atoms with Crippen LogP contribution in [0.4, 0.5) is 14.5 Å². The van der Waals surface area contributed by atoms with Gasteiger partial charge in [0.25, 0.3) is 5.69 Å². The largest absolute Gasteiger partial charge is 0.330 e. The van der Waals surface area contributed by atoms with Gasteiger partial charge in [0.1, 0.15) is 0 Å². The average molecular weight is 228 g/mol. The molecule has 0 aliphatic rings. The second-order valence-corrected chi connectivity index (χ2v) is 3.18. The van der Waals surface area contributed by atoms with Gasteiger partial charge in [-0.05, 0) is 24.6 Å². The maximum atomic E-state index is 13.0. The molecular weight excluding hydrogens is 218 g/mol. The minimum absolute atomic E-state index is 0.0191. The van der Waals surface area contributed by atoms with Gasteiger partial charge in [0.05, 0.1) is 16.6 Å². The molecule has 86 valence electrons. The van der Waals surface area contributed by atoms with Crippen LogP contribution in [0.5, 0.6) is 0 Å². The van der Waals surface area contributed by atoms with Gasteiger partial charge in [0.15, 0.2) is 11.6 Å². The van der Waals surface area contributed by atoms with Crippen LogP contribution >= 0.6 is 0 Å². The molecule has 0 aromatic heterocycles. The van der Waals surface area contributed by atoms with E-state index >= 15 is 0 Å². The third-order valence-electron chi connectivity index (χ3n) is 2.06. The molecule has 0 spiro atoms. The van der Waals surface area contributed by atoms with Crippen LogP contribution in [0.1, 0.15) is 12.0 Å². The molecule has 0 amide bonds. The van der Waals surface area contributed by atoms with E-state index in [1.807, 2.05) is 0 Å². The SMILES string of the molecule is C=C(CCN)c1cc(F)c(F)cc1[N+](=O)[O-]. The molecule has 0 radical (unpaired) electrons. The Hall–Kier alpha value is -1.82. The maximum absolute atomic E-state index is 13.0. The maximum Gasteiger partial charge on any atom is 0.279 e. The van der Waals surface area contributed by atoms with Gasteiger partial charge in [-0.15, -0.1) is 0 Å². The molecule has 1 rings (SSSR count). The van der Waals surface area contributed by atoms with Crippen molar-refractivity contribution in [1.29, 1.82) is 0 Å². The third kappa shape index (κ3) is 2.40. The molecule has 0 fully saturated rings. The summed E-state index contributed by atoms with van der Waals surface area (Å²) in [7, 11) is 0. The van der Waals surface area contributed by atoms with Crippen LogP contribution in [-0.2, 0) is 0 Å². The average Bonchev–Trinajstić information content (AvgIpc) is 2.21. The van der Waals surface area contributed by atoms with E-state index < -0.39 is 22.2 Å². The number of halogens is 2. The van der Waals surface area contributed by atoms with Crippen molar-refractivity contribution in [2.45, 2.75) is 6.42 Å². The van der Waals surface area contributed by atoms with E-state index in [1.165, 1.54) is 0 Å². The van der Waals surface area contributed by atoms with Crippen molar-refractivity contribution in [3.63, 3.8) is 0 Å². The molecule has 1 aromatic rings. The highest BCUT2D eigenvalue weighted by Gasteiger charge is 2.19. The number of benzene rings is 1. The number of nitrogens with two attached hydrogens (primary N) is 1. The number of nitro groups is 1. The highest BCUT2D eigenvalue weighted by Crippen LogP contribution is 2.28. The summed E-state index contributed by atoms with van der Waals surface area (Å²) in [6.45, 7) is 3.79. The van der Waals surface area contributed by atoms with Crippen LogP contribution in [0.15, 0.2) is 18.7 Å². The first-order valence-corrected chi connectivity index (χ1v) is 4.49. The zero-order chi connectivity index (χ0) is 12.3. The molecule has 0 bridgehead atoms. The normalized spacial score (nSPS) is 10.2. The zero-order valence-corrected chi connectivity index (χ0v) is 8.37. The monoisotopic (exact) mass is 228 g/mol. The Balaban J connectivity index is 3.30. The molecule has 2 N–H and O–H groups in total. The molecule has 4 nitrogen and oxygen atoms in total. The van der Waals surface area contributed by atoms with Crippen LogP contribution < -0.4 is 5.73 Å². The fraction of sp³-hybridized carbons (Fsp3) is 0.200. The van der Waals surface area contributed by atoms with E-state index in [-0.39, 0.29) is 18.5 Å². The number of hydrogen-bond acceptors (Lipinski definition) is 3. The van der Waals surface area contributed by atoms with Gasteiger partial charge in [-0.2, -0.15) is 0 Å². The Morgan fingerprint density at radius 1 is 1.44 bits per heavy atom. The highest BCUT2D eigenvalue weighted by molar-refractivity contribution is 5.71. The summed E-state index contributed by atoms with van der Waals surface area (Å²) in [5.41, 5.74) is 5.05. The Morgan fingerprint density at radius 2 is 2.00 bits per heavy atom. The molecule has 0 unspecified atom stereocenters. The Kier molecular flexibility index (Phi) is 3.68. The molecule has 0 atom stereocenters. The Morgan fingerprint density at radius 3 is 2.50 bits per heavy atom. The minimum atomic E-state index is -1.25. The molecule has 0 aliphatic carbocycles.